The molecule has 0 aliphatic heterocycles. The largest absolute Gasteiger partial charge is 0.495 e. The van der Waals surface area contributed by atoms with E-state index >= 15 is 0 Å². The predicted octanol–water partition coefficient (Wildman–Crippen LogP) is 3.02. The van der Waals surface area contributed by atoms with Crippen LogP contribution in [-0.2, 0) is 9.53 Å². The maximum absolute atomic E-state index is 13.1. The summed E-state index contributed by atoms with van der Waals surface area (Å²) in [5.41, 5.74) is -0.542. The molecule has 0 saturated carbocycles. The van der Waals surface area contributed by atoms with E-state index in [-0.39, 0.29) is 57.9 Å². The fraction of sp³-hybridized carbons (Fsp3) is 0.320. The lowest BCUT2D eigenvalue weighted by Crippen LogP contribution is -2.18. The molecule has 4 rings (SSSR count). The first-order chi connectivity index (χ1) is 19.8. The van der Waals surface area contributed by atoms with E-state index in [9.17, 15) is 14.4 Å². The minimum absolute atomic E-state index is 0.0414. The van der Waals surface area contributed by atoms with Crippen LogP contribution in [0.4, 0.5) is 10.9 Å². The van der Waals surface area contributed by atoms with Crippen LogP contribution in [0, 0.1) is 0 Å². The lowest BCUT2D eigenvalue weighted by atomic mass is 10.1. The number of amides is 2. The minimum atomic E-state index is -0.914. The summed E-state index contributed by atoms with van der Waals surface area (Å²) in [4.78, 5) is 41.7. The van der Waals surface area contributed by atoms with Gasteiger partial charge in [0.25, 0.3) is 5.91 Å². The zero-order valence-electron chi connectivity index (χ0n) is 23.2. The lowest BCUT2D eigenvalue weighted by molar-refractivity contribution is -0.114. The fourth-order valence-corrected chi connectivity index (χ4v) is 3.98. The highest BCUT2D eigenvalue weighted by molar-refractivity contribution is 7.17. The highest BCUT2D eigenvalue weighted by Crippen LogP contribution is 2.36. The van der Waals surface area contributed by atoms with Crippen molar-refractivity contribution in [1.29, 1.82) is 0 Å². The number of nitrogens with zero attached hydrogens (tertiary/aromatic N) is 5. The molecule has 2 N–H and O–H groups in total. The van der Waals surface area contributed by atoms with Crippen LogP contribution in [0.15, 0.2) is 39.8 Å². The van der Waals surface area contributed by atoms with Gasteiger partial charge in [-0.2, -0.15) is 9.78 Å². The Hall–Kier alpha value is -4.83. The van der Waals surface area contributed by atoms with E-state index in [4.69, 9.17) is 23.4 Å². The third-order valence-electron chi connectivity index (χ3n) is 4.97. The molecule has 15 nitrogen and oxygen atoms in total. The van der Waals surface area contributed by atoms with Crippen LogP contribution >= 0.6 is 11.3 Å². The van der Waals surface area contributed by atoms with Gasteiger partial charge >= 0.3 is 5.63 Å². The van der Waals surface area contributed by atoms with Gasteiger partial charge in [0.1, 0.15) is 29.6 Å². The molecule has 0 unspecified atom stereocenters. The van der Waals surface area contributed by atoms with E-state index < -0.39 is 11.5 Å². The second-order valence-electron chi connectivity index (χ2n) is 7.56. The maximum atomic E-state index is 13.1. The Labute approximate surface area is 238 Å². The number of carbonyl (C=O) groups is 2. The van der Waals surface area contributed by atoms with Gasteiger partial charge in [0.05, 0.1) is 38.8 Å². The maximum Gasteiger partial charge on any atom is 0.379 e. The smallest absolute Gasteiger partial charge is 0.379 e. The molecule has 16 heteroatoms. The summed E-state index contributed by atoms with van der Waals surface area (Å²) < 4.78 is 27.8. The first kappa shape index (κ1) is 30.7. The van der Waals surface area contributed by atoms with Gasteiger partial charge in [-0.3, -0.25) is 14.9 Å². The van der Waals surface area contributed by atoms with Gasteiger partial charge in [-0.25, -0.2) is 9.78 Å². The molecule has 0 aromatic carbocycles. The van der Waals surface area contributed by atoms with E-state index in [1.807, 2.05) is 13.8 Å². The SMILES string of the molecule is CC.COCCOc1c(-c2ncc(OC)cc2OC)cc(C(=O)Nc2nnc(-n3nccc3NC(C)=O)s2)oc1=O. The van der Waals surface area contributed by atoms with E-state index in [0.29, 0.717) is 11.6 Å². The molecule has 0 atom stereocenters. The van der Waals surface area contributed by atoms with Crippen LogP contribution < -0.4 is 30.5 Å². The summed E-state index contributed by atoms with van der Waals surface area (Å²) in [6.07, 6.45) is 2.90. The molecule has 4 aromatic heterocycles. The zero-order chi connectivity index (χ0) is 29.9. The molecule has 2 amide bonds. The average Bonchev–Trinajstić information content (AvgIpc) is 3.63. The third kappa shape index (κ3) is 7.43. The second kappa shape index (κ2) is 14.5. The standard InChI is InChI=1S/C23H23N7O8S.C2H6/c1-12(31)26-17-5-6-25-30(17)23-29-28-22(39-23)27-20(32)16-10-14(19(21(33)38-16)37-8-7-34-2)18-15(36-4)9-13(35-3)11-24-18;1-2/h5-6,9-11H,7-8H2,1-4H3,(H,26,31)(H,27,28,32);1-2H3. The van der Waals surface area contributed by atoms with E-state index in [1.165, 1.54) is 51.4 Å². The molecule has 0 saturated heterocycles. The average molecular weight is 588 g/mol. The van der Waals surface area contributed by atoms with Crippen LogP contribution in [0.2, 0.25) is 0 Å². The molecule has 0 aliphatic carbocycles. The van der Waals surface area contributed by atoms with Gasteiger partial charge in [0.15, 0.2) is 5.76 Å². The molecule has 0 radical (unpaired) electrons. The summed E-state index contributed by atoms with van der Waals surface area (Å²) in [5.74, 6) is -0.536. The number of pyridine rings is 1. The predicted molar refractivity (Wildman–Crippen MR) is 149 cm³/mol. The number of nitrogens with one attached hydrogen (secondary N) is 2. The van der Waals surface area contributed by atoms with Crippen LogP contribution in [0.25, 0.3) is 16.4 Å². The Kier molecular flexibility index (Phi) is 10.9. The van der Waals surface area contributed by atoms with Crippen LogP contribution in [0.5, 0.6) is 17.2 Å². The van der Waals surface area contributed by atoms with Crippen molar-refractivity contribution in [3.8, 4) is 33.6 Å². The van der Waals surface area contributed by atoms with Crippen molar-refractivity contribution >= 4 is 34.1 Å². The molecule has 0 spiro atoms. The molecule has 4 aromatic rings. The molecular weight excluding hydrogens is 558 g/mol. The molecule has 0 fully saturated rings. The molecule has 0 aliphatic rings. The number of hydrogen-bond acceptors (Lipinski definition) is 13. The summed E-state index contributed by atoms with van der Waals surface area (Å²) >= 11 is 0.977. The number of methoxy groups -OCH3 is 3. The van der Waals surface area contributed by atoms with Crippen molar-refractivity contribution in [2.24, 2.45) is 0 Å². The van der Waals surface area contributed by atoms with E-state index in [0.717, 1.165) is 11.3 Å². The van der Waals surface area contributed by atoms with Crippen LogP contribution in [0.1, 0.15) is 31.3 Å². The van der Waals surface area contributed by atoms with Crippen molar-refractivity contribution in [3.63, 3.8) is 0 Å². The first-order valence-corrected chi connectivity index (χ1v) is 13.0. The number of carbonyl (C=O) groups excluding carboxylic acids is 2. The van der Waals surface area contributed by atoms with Gasteiger partial charge < -0.3 is 28.7 Å². The first-order valence-electron chi connectivity index (χ1n) is 12.2. The number of hydrogen-bond donors (Lipinski definition) is 2. The zero-order valence-corrected chi connectivity index (χ0v) is 24.0. The Morgan fingerprint density at radius 3 is 2.54 bits per heavy atom. The lowest BCUT2D eigenvalue weighted by Gasteiger charge is -2.14. The fourth-order valence-electron chi connectivity index (χ4n) is 3.27. The van der Waals surface area contributed by atoms with Crippen molar-refractivity contribution in [2.75, 3.05) is 45.2 Å². The molecule has 41 heavy (non-hydrogen) atoms. The molecule has 218 valence electrons. The van der Waals surface area contributed by atoms with Gasteiger partial charge in [0.2, 0.25) is 21.9 Å². The second-order valence-corrected chi connectivity index (χ2v) is 8.52. The quantitative estimate of drug-likeness (QED) is 0.245. The molecular formula is C25H29N7O8S. The van der Waals surface area contributed by atoms with E-state index in [1.54, 1.807) is 12.1 Å². The van der Waals surface area contributed by atoms with Gasteiger partial charge in [-0.15, -0.1) is 10.2 Å². The van der Waals surface area contributed by atoms with Crippen molar-refractivity contribution in [2.45, 2.75) is 20.8 Å². The summed E-state index contributed by atoms with van der Waals surface area (Å²) in [6, 6.07) is 4.46. The summed E-state index contributed by atoms with van der Waals surface area (Å²) in [5, 5.41) is 17.5. The highest BCUT2D eigenvalue weighted by atomic mass is 32.1. The van der Waals surface area contributed by atoms with Crippen molar-refractivity contribution in [3.05, 3.63) is 46.8 Å². The monoisotopic (exact) mass is 587 g/mol. The number of anilines is 2. The normalized spacial score (nSPS) is 10.3. The molecule has 0 bridgehead atoms. The van der Waals surface area contributed by atoms with Crippen LogP contribution in [-0.4, -0.2) is 71.3 Å². The highest BCUT2D eigenvalue weighted by Gasteiger charge is 2.24. The Balaban J connectivity index is 0.00000226. The molecule has 4 heterocycles. The Morgan fingerprint density at radius 2 is 1.85 bits per heavy atom. The Morgan fingerprint density at radius 1 is 1.07 bits per heavy atom. The van der Waals surface area contributed by atoms with Crippen molar-refractivity contribution in [1.82, 2.24) is 25.0 Å². The Bertz CT molecular complexity index is 1550. The summed E-state index contributed by atoms with van der Waals surface area (Å²) in [6.45, 7) is 5.60. The van der Waals surface area contributed by atoms with Gasteiger partial charge in [0, 0.05) is 32.2 Å². The topological polar surface area (TPSA) is 182 Å². The van der Waals surface area contributed by atoms with Crippen molar-refractivity contribution < 1.29 is 33.0 Å². The summed E-state index contributed by atoms with van der Waals surface area (Å²) in [7, 11) is 4.38. The number of aromatic nitrogens is 5. The van der Waals surface area contributed by atoms with E-state index in [2.05, 4.69) is 30.9 Å². The van der Waals surface area contributed by atoms with Gasteiger partial charge in [-0.05, 0) is 0 Å². The van der Waals surface area contributed by atoms with Crippen LogP contribution in [0.3, 0.4) is 0 Å². The van der Waals surface area contributed by atoms with Gasteiger partial charge in [-0.1, -0.05) is 25.2 Å². The third-order valence-corrected chi connectivity index (χ3v) is 5.78. The number of rotatable bonds is 11. The minimum Gasteiger partial charge on any atom is -0.495 e. The number of ether oxygens (including phenoxy) is 4.